The minimum absolute atomic E-state index is 0.683. The van der Waals surface area contributed by atoms with Gasteiger partial charge in [-0.05, 0) is 25.0 Å². The van der Waals surface area contributed by atoms with E-state index in [1.807, 2.05) is 30.6 Å². The molecule has 1 saturated carbocycles. The molecule has 0 spiro atoms. The third-order valence-corrected chi connectivity index (χ3v) is 4.25. The second kappa shape index (κ2) is 5.17. The molecular formula is C18H17N3. The zero-order valence-electron chi connectivity index (χ0n) is 11.8. The van der Waals surface area contributed by atoms with Crippen LogP contribution in [-0.2, 0) is 0 Å². The van der Waals surface area contributed by atoms with E-state index in [4.69, 9.17) is 0 Å². The summed E-state index contributed by atoms with van der Waals surface area (Å²) in [5.41, 5.74) is 4.44. The minimum Gasteiger partial charge on any atom is -0.342 e. The van der Waals surface area contributed by atoms with Crippen LogP contribution in [0.15, 0.2) is 54.9 Å². The van der Waals surface area contributed by atoms with Gasteiger partial charge in [-0.3, -0.25) is 4.98 Å². The molecule has 21 heavy (non-hydrogen) atoms. The molecule has 2 heterocycles. The normalized spacial score (nSPS) is 14.9. The smallest absolute Gasteiger partial charge is 0.139 e. The minimum atomic E-state index is 0.683. The molecule has 104 valence electrons. The Morgan fingerprint density at radius 1 is 0.857 bits per heavy atom. The van der Waals surface area contributed by atoms with Crippen molar-refractivity contribution in [1.82, 2.24) is 15.0 Å². The fourth-order valence-electron chi connectivity index (χ4n) is 2.72. The van der Waals surface area contributed by atoms with Gasteiger partial charge in [0.1, 0.15) is 5.82 Å². The highest BCUT2D eigenvalue weighted by Crippen LogP contribution is 2.36. The zero-order chi connectivity index (χ0) is 14.1. The lowest BCUT2D eigenvalue weighted by molar-refractivity contribution is 0.412. The lowest BCUT2D eigenvalue weighted by Gasteiger charge is -2.23. The van der Waals surface area contributed by atoms with E-state index in [2.05, 4.69) is 39.2 Å². The van der Waals surface area contributed by atoms with Gasteiger partial charge in [-0.2, -0.15) is 0 Å². The quantitative estimate of drug-likeness (QED) is 0.769. The number of hydrogen-bond acceptors (Lipinski definition) is 2. The molecule has 0 unspecified atom stereocenters. The van der Waals surface area contributed by atoms with Gasteiger partial charge < -0.3 is 4.98 Å². The number of imidazole rings is 1. The molecule has 3 heteroatoms. The highest BCUT2D eigenvalue weighted by molar-refractivity contribution is 5.63. The fourth-order valence-corrected chi connectivity index (χ4v) is 2.72. The summed E-state index contributed by atoms with van der Waals surface area (Å²) >= 11 is 0. The van der Waals surface area contributed by atoms with Crippen LogP contribution in [0.25, 0.3) is 22.6 Å². The Kier molecular flexibility index (Phi) is 3.03. The van der Waals surface area contributed by atoms with Crippen LogP contribution < -0.4 is 0 Å². The highest BCUT2D eigenvalue weighted by Gasteiger charge is 2.21. The van der Waals surface area contributed by atoms with Gasteiger partial charge in [-0.25, -0.2) is 4.98 Å². The molecule has 3 nitrogen and oxygen atoms in total. The molecule has 1 fully saturated rings. The van der Waals surface area contributed by atoms with Crippen LogP contribution >= 0.6 is 0 Å². The van der Waals surface area contributed by atoms with E-state index in [1.54, 1.807) is 0 Å². The lowest BCUT2D eigenvalue weighted by Crippen LogP contribution is -2.08. The molecule has 0 atom stereocenters. The summed E-state index contributed by atoms with van der Waals surface area (Å²) in [5, 5.41) is 0. The predicted octanol–water partition coefficient (Wildman–Crippen LogP) is 4.41. The summed E-state index contributed by atoms with van der Waals surface area (Å²) in [5.74, 6) is 1.60. The first-order valence-corrected chi connectivity index (χ1v) is 7.47. The molecule has 1 N–H and O–H groups in total. The molecule has 0 radical (unpaired) electrons. The Labute approximate surface area is 124 Å². The molecule has 1 aliphatic carbocycles. The Morgan fingerprint density at radius 2 is 1.71 bits per heavy atom. The van der Waals surface area contributed by atoms with Crippen molar-refractivity contribution < 1.29 is 0 Å². The second-order valence-corrected chi connectivity index (χ2v) is 5.61. The molecule has 0 amide bonds. The first-order chi connectivity index (χ1) is 10.4. The molecule has 2 aromatic heterocycles. The molecular weight excluding hydrogens is 258 g/mol. The summed E-state index contributed by atoms with van der Waals surface area (Å²) in [7, 11) is 0. The first-order valence-electron chi connectivity index (χ1n) is 7.47. The van der Waals surface area contributed by atoms with Crippen molar-refractivity contribution in [3.8, 4) is 22.6 Å². The molecule has 4 rings (SSSR count). The SMILES string of the molecule is c1ccc(-c2ccc(-c3ncc(C4CCC4)[nH]3)cn2)cc1. The maximum absolute atomic E-state index is 4.55. The van der Waals surface area contributed by atoms with Gasteiger partial charge in [0.05, 0.1) is 5.69 Å². The van der Waals surface area contributed by atoms with Crippen LogP contribution in [0.1, 0.15) is 30.9 Å². The van der Waals surface area contributed by atoms with Crippen LogP contribution in [0, 0.1) is 0 Å². The van der Waals surface area contributed by atoms with E-state index in [0.29, 0.717) is 5.92 Å². The van der Waals surface area contributed by atoms with E-state index < -0.39 is 0 Å². The van der Waals surface area contributed by atoms with Crippen molar-refractivity contribution in [2.24, 2.45) is 0 Å². The highest BCUT2D eigenvalue weighted by atomic mass is 14.9. The van der Waals surface area contributed by atoms with Crippen molar-refractivity contribution in [2.75, 3.05) is 0 Å². The number of rotatable bonds is 3. The number of aromatic nitrogens is 3. The van der Waals surface area contributed by atoms with Gasteiger partial charge in [0.2, 0.25) is 0 Å². The third-order valence-electron chi connectivity index (χ3n) is 4.25. The standard InChI is InChI=1S/C18H17N3/c1-2-5-13(6-3-1)16-10-9-15(11-19-16)18-20-12-17(21-18)14-7-4-8-14/h1-3,5-6,9-12,14H,4,7-8H2,(H,20,21). The topological polar surface area (TPSA) is 41.6 Å². The number of nitrogens with one attached hydrogen (secondary N) is 1. The molecule has 0 aliphatic heterocycles. The largest absolute Gasteiger partial charge is 0.342 e. The third kappa shape index (κ3) is 2.35. The summed E-state index contributed by atoms with van der Waals surface area (Å²) < 4.78 is 0. The van der Waals surface area contributed by atoms with Crippen LogP contribution in [0.2, 0.25) is 0 Å². The summed E-state index contributed by atoms with van der Waals surface area (Å²) in [6.07, 6.45) is 7.78. The van der Waals surface area contributed by atoms with E-state index in [9.17, 15) is 0 Å². The predicted molar refractivity (Wildman–Crippen MR) is 83.8 cm³/mol. The second-order valence-electron chi connectivity index (χ2n) is 5.61. The van der Waals surface area contributed by atoms with Crippen LogP contribution in [0.5, 0.6) is 0 Å². The zero-order valence-corrected chi connectivity index (χ0v) is 11.8. The van der Waals surface area contributed by atoms with Gasteiger partial charge >= 0.3 is 0 Å². The Hall–Kier alpha value is -2.42. The van der Waals surface area contributed by atoms with Crippen molar-refractivity contribution in [1.29, 1.82) is 0 Å². The van der Waals surface area contributed by atoms with Crippen LogP contribution in [-0.4, -0.2) is 15.0 Å². The van der Waals surface area contributed by atoms with Gasteiger partial charge in [-0.1, -0.05) is 36.8 Å². The van der Waals surface area contributed by atoms with Gasteiger partial charge in [0.15, 0.2) is 0 Å². The Balaban J connectivity index is 1.60. The van der Waals surface area contributed by atoms with Crippen LogP contribution in [0.3, 0.4) is 0 Å². The average molecular weight is 275 g/mol. The number of pyridine rings is 1. The van der Waals surface area contributed by atoms with Gasteiger partial charge in [0.25, 0.3) is 0 Å². The summed E-state index contributed by atoms with van der Waals surface area (Å²) in [6, 6.07) is 14.4. The van der Waals surface area contributed by atoms with Crippen molar-refractivity contribution in [3.05, 3.63) is 60.6 Å². The maximum atomic E-state index is 4.55. The van der Waals surface area contributed by atoms with Crippen molar-refractivity contribution in [2.45, 2.75) is 25.2 Å². The van der Waals surface area contributed by atoms with E-state index in [-0.39, 0.29) is 0 Å². The van der Waals surface area contributed by atoms with E-state index in [0.717, 1.165) is 22.6 Å². The number of H-pyrrole nitrogens is 1. The lowest BCUT2D eigenvalue weighted by atomic mass is 9.83. The molecule has 1 aromatic carbocycles. The number of nitrogens with zero attached hydrogens (tertiary/aromatic N) is 2. The van der Waals surface area contributed by atoms with Crippen molar-refractivity contribution >= 4 is 0 Å². The Bertz CT molecular complexity index is 725. The molecule has 3 aromatic rings. The van der Waals surface area contributed by atoms with Crippen LogP contribution in [0.4, 0.5) is 0 Å². The molecule has 0 saturated heterocycles. The van der Waals surface area contributed by atoms with Gasteiger partial charge in [-0.15, -0.1) is 0 Å². The maximum Gasteiger partial charge on any atom is 0.139 e. The number of benzene rings is 1. The number of hydrogen-bond donors (Lipinski definition) is 1. The fraction of sp³-hybridized carbons (Fsp3) is 0.222. The average Bonchev–Trinajstić information content (AvgIpc) is 2.96. The van der Waals surface area contributed by atoms with Crippen molar-refractivity contribution in [3.63, 3.8) is 0 Å². The number of aromatic amines is 1. The van der Waals surface area contributed by atoms with Gasteiger partial charge in [0, 0.05) is 35.1 Å². The van der Waals surface area contributed by atoms with E-state index >= 15 is 0 Å². The Morgan fingerprint density at radius 3 is 2.38 bits per heavy atom. The first kappa shape index (κ1) is 12.3. The molecule has 0 bridgehead atoms. The van der Waals surface area contributed by atoms with E-state index in [1.165, 1.54) is 25.0 Å². The summed E-state index contributed by atoms with van der Waals surface area (Å²) in [6.45, 7) is 0. The monoisotopic (exact) mass is 275 g/mol. The summed E-state index contributed by atoms with van der Waals surface area (Å²) in [4.78, 5) is 12.5. The molecule has 1 aliphatic rings.